The van der Waals surface area contributed by atoms with Gasteiger partial charge in [-0.3, -0.25) is 0 Å². The van der Waals surface area contributed by atoms with Crippen molar-refractivity contribution in [3.05, 3.63) is 42.2 Å². The van der Waals surface area contributed by atoms with Crippen LogP contribution >= 0.6 is 0 Å². The second-order valence-electron chi connectivity index (χ2n) is 6.76. The van der Waals surface area contributed by atoms with Gasteiger partial charge in [-0.15, -0.1) is 0 Å². The summed E-state index contributed by atoms with van der Waals surface area (Å²) in [6, 6.07) is 8.62. The van der Waals surface area contributed by atoms with Crippen LogP contribution in [0, 0.1) is 11.8 Å². The van der Waals surface area contributed by atoms with Gasteiger partial charge in [0.25, 0.3) is 0 Å². The van der Waals surface area contributed by atoms with Crippen LogP contribution in [-0.4, -0.2) is 0 Å². The second-order valence-corrected chi connectivity index (χ2v) is 6.76. The van der Waals surface area contributed by atoms with Crippen molar-refractivity contribution in [2.75, 3.05) is 0 Å². The van der Waals surface area contributed by atoms with E-state index in [0.717, 1.165) is 24.0 Å². The van der Waals surface area contributed by atoms with Gasteiger partial charge in [0.2, 0.25) is 0 Å². The minimum absolute atomic E-state index is 0.938. The first-order valence-electron chi connectivity index (χ1n) is 9.22. The van der Waals surface area contributed by atoms with Crippen LogP contribution in [0.2, 0.25) is 0 Å². The summed E-state index contributed by atoms with van der Waals surface area (Å²) in [7, 11) is 0. The van der Waals surface area contributed by atoms with Gasteiger partial charge in [0.05, 0.1) is 6.26 Å². The lowest BCUT2D eigenvalue weighted by atomic mass is 9.78. The molecule has 1 aliphatic carbocycles. The van der Waals surface area contributed by atoms with Gasteiger partial charge in [0.15, 0.2) is 0 Å². The molecule has 122 valence electrons. The number of benzene rings is 1. The lowest BCUT2D eigenvalue weighted by Gasteiger charge is -2.28. The van der Waals surface area contributed by atoms with E-state index in [4.69, 9.17) is 4.74 Å². The van der Waals surface area contributed by atoms with Gasteiger partial charge in [-0.05, 0) is 54.9 Å². The molecule has 1 saturated carbocycles. The Hall–Kier alpha value is -1.24. The maximum Gasteiger partial charge on any atom is 0.126 e. The van der Waals surface area contributed by atoms with Gasteiger partial charge in [0.1, 0.15) is 5.75 Å². The fourth-order valence-corrected chi connectivity index (χ4v) is 3.55. The van der Waals surface area contributed by atoms with Crippen LogP contribution in [0.25, 0.3) is 0 Å². The maximum absolute atomic E-state index is 5.55. The molecule has 0 bridgehead atoms. The van der Waals surface area contributed by atoms with Gasteiger partial charge >= 0.3 is 0 Å². The van der Waals surface area contributed by atoms with Crippen LogP contribution in [-0.2, 0) is 6.42 Å². The Morgan fingerprint density at radius 3 is 2.18 bits per heavy atom. The number of rotatable bonds is 8. The highest BCUT2D eigenvalue weighted by atomic mass is 16.5. The summed E-state index contributed by atoms with van der Waals surface area (Å²) in [6.45, 7) is 4.43. The Morgan fingerprint density at radius 2 is 1.59 bits per heavy atom. The van der Waals surface area contributed by atoms with E-state index in [1.54, 1.807) is 6.26 Å². The van der Waals surface area contributed by atoms with Crippen molar-refractivity contribution >= 4 is 0 Å². The Labute approximate surface area is 136 Å². The number of hydrogen-bond donors (Lipinski definition) is 0. The molecule has 2 rings (SSSR count). The van der Waals surface area contributed by atoms with Crippen molar-refractivity contribution in [2.45, 2.75) is 71.6 Å². The van der Waals surface area contributed by atoms with Gasteiger partial charge in [0, 0.05) is 0 Å². The highest BCUT2D eigenvalue weighted by Gasteiger charge is 2.20. The predicted molar refractivity (Wildman–Crippen MR) is 95.2 cm³/mol. The molecule has 1 aromatic rings. The molecule has 1 heteroatoms. The van der Waals surface area contributed by atoms with E-state index in [1.807, 2.05) is 6.08 Å². The van der Waals surface area contributed by atoms with Crippen molar-refractivity contribution in [3.63, 3.8) is 0 Å². The van der Waals surface area contributed by atoms with E-state index in [-0.39, 0.29) is 0 Å². The monoisotopic (exact) mass is 300 g/mol. The summed E-state index contributed by atoms with van der Waals surface area (Å²) >= 11 is 0. The zero-order chi connectivity index (χ0) is 15.6. The van der Waals surface area contributed by atoms with Gasteiger partial charge in [-0.2, -0.15) is 0 Å². The van der Waals surface area contributed by atoms with Crippen LogP contribution < -0.4 is 4.74 Å². The minimum atomic E-state index is 0.938. The molecule has 22 heavy (non-hydrogen) atoms. The fourth-order valence-electron chi connectivity index (χ4n) is 3.55. The van der Waals surface area contributed by atoms with Crippen LogP contribution in [0.5, 0.6) is 5.75 Å². The lowest BCUT2D eigenvalue weighted by Crippen LogP contribution is -2.15. The Bertz CT molecular complexity index is 424. The Morgan fingerprint density at radius 1 is 0.955 bits per heavy atom. The molecule has 0 amide bonds. The van der Waals surface area contributed by atoms with E-state index < -0.39 is 0 Å². The quantitative estimate of drug-likeness (QED) is 0.496. The zero-order valence-corrected chi connectivity index (χ0v) is 14.4. The summed E-state index contributed by atoms with van der Waals surface area (Å²) in [5.41, 5.74) is 1.45. The summed E-state index contributed by atoms with van der Waals surface area (Å²) in [5, 5.41) is 0. The Balaban J connectivity index is 1.70. The van der Waals surface area contributed by atoms with Crippen LogP contribution in [0.15, 0.2) is 36.6 Å². The third-order valence-corrected chi connectivity index (χ3v) is 4.96. The van der Waals surface area contributed by atoms with Crippen molar-refractivity contribution in [2.24, 2.45) is 11.8 Å². The maximum atomic E-state index is 5.55. The molecule has 1 fully saturated rings. The predicted octanol–water partition coefficient (Wildman–Crippen LogP) is 6.53. The standard InChI is InChI=1S/C21H32O/c1-3-5-17-22-21-15-13-20(14-16-21)12-11-19-9-7-18(6-4-2)8-10-19/h5,13-19H,3-4,6-12H2,1-2H3/t18-,19-. The van der Waals surface area contributed by atoms with Crippen molar-refractivity contribution in [3.8, 4) is 5.75 Å². The van der Waals surface area contributed by atoms with Gasteiger partial charge in [-0.1, -0.05) is 64.5 Å². The molecule has 0 aromatic heterocycles. The number of ether oxygens (including phenoxy) is 1. The first-order chi connectivity index (χ1) is 10.8. The largest absolute Gasteiger partial charge is 0.465 e. The van der Waals surface area contributed by atoms with Crippen LogP contribution in [0.4, 0.5) is 0 Å². The topological polar surface area (TPSA) is 9.23 Å². The average molecular weight is 300 g/mol. The summed E-state index contributed by atoms with van der Waals surface area (Å²) < 4.78 is 5.55. The molecular formula is C21H32O. The molecule has 0 N–H and O–H groups in total. The highest BCUT2D eigenvalue weighted by Crippen LogP contribution is 2.33. The van der Waals surface area contributed by atoms with E-state index in [9.17, 15) is 0 Å². The lowest BCUT2D eigenvalue weighted by molar-refractivity contribution is 0.252. The molecular weight excluding hydrogens is 268 g/mol. The number of hydrogen-bond acceptors (Lipinski definition) is 1. The summed E-state index contributed by atoms with van der Waals surface area (Å²) in [5.74, 6) is 2.92. The highest BCUT2D eigenvalue weighted by molar-refractivity contribution is 5.27. The third kappa shape index (κ3) is 5.87. The van der Waals surface area contributed by atoms with Crippen molar-refractivity contribution in [1.29, 1.82) is 0 Å². The molecule has 0 aliphatic heterocycles. The molecule has 1 aromatic carbocycles. The number of aryl methyl sites for hydroxylation is 1. The minimum Gasteiger partial charge on any atom is -0.465 e. The SMILES string of the molecule is CCC=COc1ccc(CC[C@H]2CC[C@H](CCC)CC2)cc1. The normalized spacial score (nSPS) is 22.1. The fraction of sp³-hybridized carbons (Fsp3) is 0.619. The number of allylic oxidation sites excluding steroid dienone is 1. The molecule has 0 unspecified atom stereocenters. The molecule has 0 atom stereocenters. The molecule has 1 nitrogen and oxygen atoms in total. The van der Waals surface area contributed by atoms with E-state index in [0.29, 0.717) is 0 Å². The molecule has 0 heterocycles. The first kappa shape index (κ1) is 17.1. The van der Waals surface area contributed by atoms with Crippen LogP contribution in [0.3, 0.4) is 0 Å². The van der Waals surface area contributed by atoms with Gasteiger partial charge < -0.3 is 4.74 Å². The third-order valence-electron chi connectivity index (χ3n) is 4.96. The van der Waals surface area contributed by atoms with Crippen molar-refractivity contribution in [1.82, 2.24) is 0 Å². The molecule has 0 radical (unpaired) electrons. The Kier molecular flexibility index (Phi) is 7.56. The molecule has 1 aliphatic rings. The van der Waals surface area contributed by atoms with Gasteiger partial charge in [-0.25, -0.2) is 0 Å². The first-order valence-corrected chi connectivity index (χ1v) is 9.22. The van der Waals surface area contributed by atoms with E-state index >= 15 is 0 Å². The van der Waals surface area contributed by atoms with Crippen molar-refractivity contribution < 1.29 is 4.74 Å². The molecule has 0 spiro atoms. The van der Waals surface area contributed by atoms with Crippen LogP contribution in [0.1, 0.15) is 70.8 Å². The van der Waals surface area contributed by atoms with E-state index in [2.05, 4.69) is 38.1 Å². The van der Waals surface area contributed by atoms with E-state index in [1.165, 1.54) is 56.9 Å². The molecule has 0 saturated heterocycles. The summed E-state index contributed by atoms with van der Waals surface area (Å²) in [4.78, 5) is 0. The zero-order valence-electron chi connectivity index (χ0n) is 14.4. The summed E-state index contributed by atoms with van der Waals surface area (Å²) in [6.07, 6.45) is 16.0. The smallest absolute Gasteiger partial charge is 0.126 e. The second kappa shape index (κ2) is 9.71. The average Bonchev–Trinajstić information content (AvgIpc) is 2.56.